The number of nitrogens with one attached hydrogen (secondary N) is 1. The molecule has 200 valence electrons. The zero-order valence-electron chi connectivity index (χ0n) is 20.0. The summed E-state index contributed by atoms with van der Waals surface area (Å²) in [4.78, 5) is 23.7. The molecule has 1 aliphatic rings. The minimum Gasteiger partial charge on any atom is -0.490 e. The van der Waals surface area contributed by atoms with Crippen molar-refractivity contribution in [3.8, 4) is 11.4 Å². The number of benzene rings is 1. The zero-order chi connectivity index (χ0) is 26.6. The van der Waals surface area contributed by atoms with Crippen LogP contribution in [0.3, 0.4) is 0 Å². The lowest BCUT2D eigenvalue weighted by Crippen LogP contribution is -2.39. The number of hydrogen-bond acceptors (Lipinski definition) is 7. The van der Waals surface area contributed by atoms with Crippen LogP contribution >= 0.6 is 0 Å². The van der Waals surface area contributed by atoms with Crippen LogP contribution in [0, 0.1) is 0 Å². The van der Waals surface area contributed by atoms with Crippen molar-refractivity contribution in [1.82, 2.24) is 14.5 Å². The lowest BCUT2D eigenvalue weighted by molar-refractivity contribution is -0.0429. The number of hydrogen-bond donors (Lipinski definition) is 1. The summed E-state index contributed by atoms with van der Waals surface area (Å²) in [6, 6.07) is 7.92. The summed E-state index contributed by atoms with van der Waals surface area (Å²) in [5.41, 5.74) is -4.64. The number of sulfonamides is 1. The summed E-state index contributed by atoms with van der Waals surface area (Å²) in [5.74, 6) is 1.10. The monoisotopic (exact) mass is 539 g/mol. The van der Waals surface area contributed by atoms with Gasteiger partial charge in [-0.2, -0.15) is 21.6 Å². The molecule has 1 saturated heterocycles. The third-order valence-corrected chi connectivity index (χ3v) is 6.97. The van der Waals surface area contributed by atoms with Crippen LogP contribution in [-0.2, 0) is 16.4 Å². The van der Waals surface area contributed by atoms with Crippen molar-refractivity contribution in [1.29, 1.82) is 0 Å². The lowest BCUT2D eigenvalue weighted by atomic mass is 10.1. The highest BCUT2D eigenvalue weighted by molar-refractivity contribution is 7.93. The van der Waals surface area contributed by atoms with E-state index in [2.05, 4.69) is 21.8 Å². The fourth-order valence-electron chi connectivity index (χ4n) is 3.95. The molecule has 0 amide bonds. The van der Waals surface area contributed by atoms with Crippen molar-refractivity contribution in [2.45, 2.75) is 44.2 Å². The molecule has 0 saturated carbocycles. The van der Waals surface area contributed by atoms with E-state index < -0.39 is 21.1 Å². The number of anilines is 2. The molecule has 1 N–H and O–H groups in total. The van der Waals surface area contributed by atoms with Crippen LogP contribution in [0.1, 0.15) is 33.2 Å². The maximum Gasteiger partial charge on any atom is 0.516 e. The second kappa shape index (κ2) is 10.8. The Kier molecular flexibility index (Phi) is 7.71. The van der Waals surface area contributed by atoms with Gasteiger partial charge in [0.2, 0.25) is 5.95 Å². The van der Waals surface area contributed by atoms with Crippen molar-refractivity contribution in [3.63, 3.8) is 0 Å². The van der Waals surface area contributed by atoms with Crippen LogP contribution in [0.15, 0.2) is 59.8 Å². The first-order valence-corrected chi connectivity index (χ1v) is 13.2. The Bertz CT molecular complexity index is 1380. The van der Waals surface area contributed by atoms with Gasteiger partial charge in [-0.25, -0.2) is 9.97 Å². The molecular formula is C24H28F3N5O4S. The molecule has 0 bridgehead atoms. The van der Waals surface area contributed by atoms with E-state index in [4.69, 9.17) is 4.74 Å². The van der Waals surface area contributed by atoms with Crippen LogP contribution in [0.2, 0.25) is 0 Å². The Hall–Kier alpha value is -3.61. The predicted molar refractivity (Wildman–Crippen MR) is 135 cm³/mol. The average molecular weight is 540 g/mol. The van der Waals surface area contributed by atoms with Gasteiger partial charge in [0.1, 0.15) is 11.9 Å². The third kappa shape index (κ3) is 6.40. The molecule has 0 unspecified atom stereocenters. The Morgan fingerprint density at radius 3 is 2.32 bits per heavy atom. The first kappa shape index (κ1) is 26.5. The van der Waals surface area contributed by atoms with E-state index in [1.807, 2.05) is 12.4 Å². The molecule has 37 heavy (non-hydrogen) atoms. The molecule has 1 aliphatic heterocycles. The summed E-state index contributed by atoms with van der Waals surface area (Å²) in [6.07, 6.45) is 8.59. The number of nitrogens with zero attached hydrogens (tertiary/aromatic N) is 4. The lowest BCUT2D eigenvalue weighted by Gasteiger charge is -2.32. The number of ether oxygens (including phenoxy) is 1. The van der Waals surface area contributed by atoms with E-state index >= 15 is 0 Å². The van der Waals surface area contributed by atoms with E-state index in [0.29, 0.717) is 17.4 Å². The van der Waals surface area contributed by atoms with E-state index in [0.717, 1.165) is 56.5 Å². The summed E-state index contributed by atoms with van der Waals surface area (Å²) >= 11 is 0. The molecule has 0 atom stereocenters. The molecule has 0 aliphatic carbocycles. The molecule has 2 aromatic heterocycles. The third-order valence-electron chi connectivity index (χ3n) is 5.85. The fraction of sp³-hybridized carbons (Fsp3) is 0.375. The van der Waals surface area contributed by atoms with Gasteiger partial charge in [-0.15, -0.1) is 0 Å². The van der Waals surface area contributed by atoms with Gasteiger partial charge < -0.3 is 9.64 Å². The molecule has 1 fully saturated rings. The van der Waals surface area contributed by atoms with Gasteiger partial charge in [-0.1, -0.05) is 13.3 Å². The second-order valence-corrected chi connectivity index (χ2v) is 10.3. The highest BCUT2D eigenvalue weighted by Crippen LogP contribution is 2.26. The van der Waals surface area contributed by atoms with Crippen LogP contribution in [0.25, 0.3) is 5.69 Å². The number of aromatic nitrogens is 3. The average Bonchev–Trinajstić information content (AvgIpc) is 2.85. The summed E-state index contributed by atoms with van der Waals surface area (Å²) < 4.78 is 68.8. The van der Waals surface area contributed by atoms with Gasteiger partial charge in [-0.3, -0.25) is 14.1 Å². The van der Waals surface area contributed by atoms with Crippen LogP contribution in [0.4, 0.5) is 24.8 Å². The molecular weight excluding hydrogens is 511 g/mol. The van der Waals surface area contributed by atoms with E-state index in [1.165, 1.54) is 33.7 Å². The van der Waals surface area contributed by atoms with Gasteiger partial charge in [0.25, 0.3) is 5.56 Å². The Labute approximate surface area is 213 Å². The van der Waals surface area contributed by atoms with Crippen LogP contribution < -0.4 is 19.9 Å². The number of rotatable bonds is 8. The van der Waals surface area contributed by atoms with Gasteiger partial charge in [-0.05, 0) is 42.3 Å². The largest absolute Gasteiger partial charge is 0.516 e. The standard InChI is InChI=1S/C24H26F3N5O4S.H2/c1-2-3-17-15-28-23(29-16-17)31-11-8-20(9-12-31)36-21-10-13-32(22(33)14-21)19-6-4-18(5-7-19)30-37(34,35)24(25,26)27;/h4-7,10,13-16,20,30H,2-3,8-9,11-12H2,1H3;1H. The predicted octanol–water partition coefficient (Wildman–Crippen LogP) is 4.14. The first-order chi connectivity index (χ1) is 17.6. The minimum atomic E-state index is -5.52. The van der Waals surface area contributed by atoms with Crippen molar-refractivity contribution in [2.75, 3.05) is 22.7 Å². The summed E-state index contributed by atoms with van der Waals surface area (Å²) in [7, 11) is -5.52. The molecule has 13 heteroatoms. The molecule has 0 radical (unpaired) electrons. The maximum atomic E-state index is 12.6. The maximum absolute atomic E-state index is 12.6. The van der Waals surface area contributed by atoms with Gasteiger partial charge in [0.05, 0.1) is 0 Å². The number of pyridine rings is 1. The fourth-order valence-corrected chi connectivity index (χ4v) is 4.51. The van der Waals surface area contributed by atoms with Crippen molar-refractivity contribution in [3.05, 3.63) is 70.9 Å². The first-order valence-electron chi connectivity index (χ1n) is 11.7. The molecule has 9 nitrogen and oxygen atoms in total. The second-order valence-electron chi connectivity index (χ2n) is 8.61. The SMILES string of the molecule is CCCc1cnc(N2CCC(Oc3ccn(-c4ccc(NS(=O)(=O)C(F)(F)F)cc4)c(=O)c3)CC2)nc1.[HH]. The van der Waals surface area contributed by atoms with E-state index in [9.17, 15) is 26.4 Å². The molecule has 0 spiro atoms. The normalized spacial score (nSPS) is 15.0. The molecule has 1 aromatic carbocycles. The van der Waals surface area contributed by atoms with Crippen molar-refractivity contribution < 1.29 is 27.8 Å². The van der Waals surface area contributed by atoms with Crippen LogP contribution in [-0.4, -0.2) is 47.7 Å². The summed E-state index contributed by atoms with van der Waals surface area (Å²) in [5, 5.41) is 0. The quantitative estimate of drug-likeness (QED) is 0.459. The highest BCUT2D eigenvalue weighted by Gasteiger charge is 2.46. The van der Waals surface area contributed by atoms with E-state index in [-0.39, 0.29) is 13.2 Å². The van der Waals surface area contributed by atoms with Gasteiger partial charge in [0.15, 0.2) is 0 Å². The number of halogens is 3. The summed E-state index contributed by atoms with van der Waals surface area (Å²) in [6.45, 7) is 3.55. The van der Waals surface area contributed by atoms with Crippen molar-refractivity contribution in [2.24, 2.45) is 0 Å². The Morgan fingerprint density at radius 2 is 1.76 bits per heavy atom. The number of aryl methyl sites for hydroxylation is 1. The molecule has 3 heterocycles. The van der Waals surface area contributed by atoms with Crippen LogP contribution in [0.5, 0.6) is 5.75 Å². The highest BCUT2D eigenvalue weighted by atomic mass is 32.2. The van der Waals surface area contributed by atoms with Gasteiger partial charge in [0, 0.05) is 63.4 Å². The van der Waals surface area contributed by atoms with E-state index in [1.54, 1.807) is 6.07 Å². The smallest absolute Gasteiger partial charge is 0.490 e. The Balaban J connectivity index is 0.00000400. The Morgan fingerprint density at radius 1 is 1.11 bits per heavy atom. The number of piperidine rings is 1. The number of alkyl halides is 3. The molecule has 3 aromatic rings. The zero-order valence-corrected chi connectivity index (χ0v) is 20.8. The van der Waals surface area contributed by atoms with Crippen molar-refractivity contribution >= 4 is 21.7 Å². The molecule has 4 rings (SSSR count). The van der Waals surface area contributed by atoms with Gasteiger partial charge >= 0.3 is 15.5 Å². The topological polar surface area (TPSA) is 106 Å². The minimum absolute atomic E-state index is 0.